The van der Waals surface area contributed by atoms with Crippen molar-refractivity contribution in [3.63, 3.8) is 0 Å². The molecule has 266 valence electrons. The van der Waals surface area contributed by atoms with Gasteiger partial charge in [0.05, 0.1) is 27.6 Å². The number of rotatable bonds is 5. The van der Waals surface area contributed by atoms with E-state index in [1.165, 1.54) is 16.5 Å². The van der Waals surface area contributed by atoms with Gasteiger partial charge in [-0.15, -0.1) is 0 Å². The fraction of sp³-hybridized carbons (Fsp3) is 0. The fourth-order valence-corrected chi connectivity index (χ4v) is 8.61. The van der Waals surface area contributed by atoms with Crippen LogP contribution < -0.4 is 0 Å². The molecule has 0 spiro atoms. The molecule has 8 aromatic carbocycles. The molecule has 4 heterocycles. The predicted molar refractivity (Wildman–Crippen MR) is 232 cm³/mol. The smallest absolute Gasteiger partial charge is 0.238 e. The average Bonchev–Trinajstić information content (AvgIpc) is 3.93. The third-order valence-electron chi connectivity index (χ3n) is 11.2. The SMILES string of the molecule is c1ccc(-c2cccc(-n3c4ccccc4c4cc5oc6c(-c7nc(-c8ccccc8)nc(-n8c9ccccc9c9ccccc98)n7)cccc6c5cc43)c2)cc1. The number of fused-ring (bicyclic) bond motifs is 9. The van der Waals surface area contributed by atoms with E-state index in [4.69, 9.17) is 19.4 Å². The highest BCUT2D eigenvalue weighted by Gasteiger charge is 2.22. The predicted octanol–water partition coefficient (Wildman–Crippen LogP) is 13.0. The van der Waals surface area contributed by atoms with E-state index in [1.807, 2.05) is 30.3 Å². The molecule has 12 rings (SSSR count). The summed E-state index contributed by atoms with van der Waals surface area (Å²) in [6, 6.07) is 65.6. The molecule has 12 aromatic rings. The second-order valence-electron chi connectivity index (χ2n) is 14.4. The number of para-hydroxylation sites is 4. The molecule has 0 fully saturated rings. The highest BCUT2D eigenvalue weighted by atomic mass is 16.3. The second-order valence-corrected chi connectivity index (χ2v) is 14.4. The second kappa shape index (κ2) is 12.3. The summed E-state index contributed by atoms with van der Waals surface area (Å²) in [5, 5.41) is 6.62. The molecule has 0 radical (unpaired) electrons. The molecular weight excluding hydrogens is 699 g/mol. The Morgan fingerprint density at radius 1 is 0.351 bits per heavy atom. The maximum absolute atomic E-state index is 6.89. The van der Waals surface area contributed by atoms with Gasteiger partial charge in [-0.05, 0) is 59.7 Å². The highest BCUT2D eigenvalue weighted by molar-refractivity contribution is 6.18. The first kappa shape index (κ1) is 31.5. The molecular formula is C51H31N5O. The third kappa shape index (κ3) is 4.87. The summed E-state index contributed by atoms with van der Waals surface area (Å²) in [5.41, 5.74) is 11.0. The number of benzene rings is 8. The van der Waals surface area contributed by atoms with Gasteiger partial charge in [-0.3, -0.25) is 4.57 Å². The van der Waals surface area contributed by atoms with Crippen LogP contribution in [0.3, 0.4) is 0 Å². The average molecular weight is 730 g/mol. The van der Waals surface area contributed by atoms with Crippen molar-refractivity contribution in [3.05, 3.63) is 188 Å². The van der Waals surface area contributed by atoms with Crippen molar-refractivity contribution in [1.82, 2.24) is 24.1 Å². The van der Waals surface area contributed by atoms with Crippen LogP contribution in [0.4, 0.5) is 0 Å². The van der Waals surface area contributed by atoms with Crippen LogP contribution in [0.25, 0.3) is 111 Å². The van der Waals surface area contributed by atoms with Crippen molar-refractivity contribution in [3.8, 4) is 45.5 Å². The van der Waals surface area contributed by atoms with Crippen LogP contribution in [0.2, 0.25) is 0 Å². The van der Waals surface area contributed by atoms with E-state index < -0.39 is 0 Å². The first-order valence-corrected chi connectivity index (χ1v) is 19.1. The Balaban J connectivity index is 1.10. The molecule has 0 unspecified atom stereocenters. The van der Waals surface area contributed by atoms with Crippen LogP contribution in [0, 0.1) is 0 Å². The number of aromatic nitrogens is 5. The minimum absolute atomic E-state index is 0.544. The molecule has 0 N–H and O–H groups in total. The molecule has 4 aromatic heterocycles. The van der Waals surface area contributed by atoms with Gasteiger partial charge in [0.15, 0.2) is 11.6 Å². The molecule has 0 amide bonds. The normalized spacial score (nSPS) is 11.9. The Hall–Kier alpha value is -7.83. The lowest BCUT2D eigenvalue weighted by atomic mass is 10.0. The summed E-state index contributed by atoms with van der Waals surface area (Å²) in [7, 11) is 0. The van der Waals surface area contributed by atoms with Crippen molar-refractivity contribution in [2.24, 2.45) is 0 Å². The summed E-state index contributed by atoms with van der Waals surface area (Å²) < 4.78 is 11.4. The number of hydrogen-bond acceptors (Lipinski definition) is 4. The van der Waals surface area contributed by atoms with Gasteiger partial charge in [0.25, 0.3) is 0 Å². The van der Waals surface area contributed by atoms with Crippen LogP contribution in [0.5, 0.6) is 0 Å². The van der Waals surface area contributed by atoms with Crippen molar-refractivity contribution in [2.45, 2.75) is 0 Å². The molecule has 0 atom stereocenters. The Morgan fingerprint density at radius 3 is 1.63 bits per heavy atom. The van der Waals surface area contributed by atoms with E-state index in [2.05, 4.69) is 167 Å². The van der Waals surface area contributed by atoms with Gasteiger partial charge in [-0.25, -0.2) is 4.98 Å². The zero-order chi connectivity index (χ0) is 37.5. The van der Waals surface area contributed by atoms with Crippen LogP contribution in [-0.4, -0.2) is 24.1 Å². The Morgan fingerprint density at radius 2 is 0.912 bits per heavy atom. The molecule has 0 saturated heterocycles. The maximum atomic E-state index is 6.89. The minimum atomic E-state index is 0.544. The zero-order valence-corrected chi connectivity index (χ0v) is 30.5. The Labute approximate surface area is 326 Å². The van der Waals surface area contributed by atoms with E-state index in [0.29, 0.717) is 17.6 Å². The van der Waals surface area contributed by atoms with Crippen LogP contribution in [0.1, 0.15) is 0 Å². The molecule has 0 bridgehead atoms. The molecule has 0 aliphatic heterocycles. The van der Waals surface area contributed by atoms with Crippen LogP contribution in [-0.2, 0) is 0 Å². The molecule has 6 heteroatoms. The van der Waals surface area contributed by atoms with Gasteiger partial charge >= 0.3 is 0 Å². The summed E-state index contributed by atoms with van der Waals surface area (Å²) in [5.74, 6) is 1.69. The van der Waals surface area contributed by atoms with Crippen LogP contribution >= 0.6 is 0 Å². The maximum Gasteiger partial charge on any atom is 0.238 e. The Kier molecular flexibility index (Phi) is 6.83. The number of nitrogens with zero attached hydrogens (tertiary/aromatic N) is 5. The highest BCUT2D eigenvalue weighted by Crippen LogP contribution is 2.41. The quantitative estimate of drug-likeness (QED) is 0.177. The van der Waals surface area contributed by atoms with Gasteiger partial charge in [-0.1, -0.05) is 140 Å². The number of hydrogen-bond donors (Lipinski definition) is 0. The Bertz CT molecular complexity index is 3470. The summed E-state index contributed by atoms with van der Waals surface area (Å²) in [6.07, 6.45) is 0. The monoisotopic (exact) mass is 729 g/mol. The molecule has 57 heavy (non-hydrogen) atoms. The molecule has 6 nitrogen and oxygen atoms in total. The zero-order valence-electron chi connectivity index (χ0n) is 30.5. The number of furan rings is 1. The van der Waals surface area contributed by atoms with Gasteiger partial charge in [0.2, 0.25) is 5.95 Å². The molecule has 0 aliphatic carbocycles. The van der Waals surface area contributed by atoms with Crippen molar-refractivity contribution >= 4 is 65.6 Å². The first-order chi connectivity index (χ1) is 28.3. The lowest BCUT2D eigenvalue weighted by Gasteiger charge is -2.11. The van der Waals surface area contributed by atoms with E-state index in [-0.39, 0.29) is 0 Å². The summed E-state index contributed by atoms with van der Waals surface area (Å²) in [4.78, 5) is 15.5. The van der Waals surface area contributed by atoms with Gasteiger partial charge < -0.3 is 8.98 Å². The summed E-state index contributed by atoms with van der Waals surface area (Å²) in [6.45, 7) is 0. The fourth-order valence-electron chi connectivity index (χ4n) is 8.61. The van der Waals surface area contributed by atoms with E-state index in [9.17, 15) is 0 Å². The molecule has 0 aliphatic rings. The van der Waals surface area contributed by atoms with Crippen molar-refractivity contribution in [1.29, 1.82) is 0 Å². The lowest BCUT2D eigenvalue weighted by molar-refractivity contribution is 0.670. The minimum Gasteiger partial charge on any atom is -0.455 e. The third-order valence-corrected chi connectivity index (χ3v) is 11.2. The van der Waals surface area contributed by atoms with E-state index in [1.54, 1.807) is 0 Å². The first-order valence-electron chi connectivity index (χ1n) is 19.1. The molecule has 0 saturated carbocycles. The largest absolute Gasteiger partial charge is 0.455 e. The standard InChI is InChI=1S/C51H31N5O/c1-3-15-32(16-4-1)34-19-13-20-35(29-34)55-43-26-10-9-23-38(43)41-31-47-42(30-46(41)55)39-24-14-25-40(48(39)57-47)50-52-49(33-17-5-2-6-18-33)53-51(54-50)56-44-27-11-7-21-36(44)37-22-8-12-28-45(37)56/h1-31H. The van der Waals surface area contributed by atoms with E-state index in [0.717, 1.165) is 77.0 Å². The van der Waals surface area contributed by atoms with Gasteiger partial charge in [0, 0.05) is 43.6 Å². The van der Waals surface area contributed by atoms with Crippen LogP contribution in [0.15, 0.2) is 192 Å². The lowest BCUT2D eigenvalue weighted by Crippen LogP contribution is -2.06. The van der Waals surface area contributed by atoms with Gasteiger partial charge in [-0.2, -0.15) is 9.97 Å². The van der Waals surface area contributed by atoms with Crippen molar-refractivity contribution in [2.75, 3.05) is 0 Å². The van der Waals surface area contributed by atoms with E-state index >= 15 is 0 Å². The van der Waals surface area contributed by atoms with Gasteiger partial charge in [0.1, 0.15) is 11.2 Å². The topological polar surface area (TPSA) is 61.7 Å². The summed E-state index contributed by atoms with van der Waals surface area (Å²) >= 11 is 0. The van der Waals surface area contributed by atoms with Crippen molar-refractivity contribution < 1.29 is 4.42 Å².